The van der Waals surface area contributed by atoms with Gasteiger partial charge in [-0.1, -0.05) is 52.7 Å². The van der Waals surface area contributed by atoms with Crippen LogP contribution in [0.5, 0.6) is 0 Å². The number of thiazole rings is 1. The first-order valence-electron chi connectivity index (χ1n) is 9.76. The molecule has 2 amide bonds. The molecule has 1 aromatic heterocycles. The number of carbonyl (C=O) groups excluding carboxylic acids is 2. The molecular formula is C22H19BrN2O2S2. The van der Waals surface area contributed by atoms with E-state index in [1.165, 1.54) is 10.5 Å². The Morgan fingerprint density at radius 3 is 2.41 bits per heavy atom. The number of imide groups is 1. The molecule has 29 heavy (non-hydrogen) atoms. The van der Waals surface area contributed by atoms with Gasteiger partial charge in [0.15, 0.2) is 4.34 Å². The van der Waals surface area contributed by atoms with Crippen molar-refractivity contribution in [1.29, 1.82) is 0 Å². The van der Waals surface area contributed by atoms with Crippen molar-refractivity contribution >= 4 is 66.7 Å². The summed E-state index contributed by atoms with van der Waals surface area (Å²) in [6.45, 7) is 0. The van der Waals surface area contributed by atoms with Crippen LogP contribution in [0, 0.1) is 11.8 Å². The van der Waals surface area contributed by atoms with Gasteiger partial charge in [0.05, 0.1) is 27.7 Å². The number of hydrogen-bond donors (Lipinski definition) is 0. The first kappa shape index (κ1) is 19.3. The van der Waals surface area contributed by atoms with Gasteiger partial charge in [-0.25, -0.2) is 4.98 Å². The van der Waals surface area contributed by atoms with Crippen molar-refractivity contribution in [3.05, 3.63) is 52.5 Å². The first-order valence-corrected chi connectivity index (χ1v) is 12.4. The van der Waals surface area contributed by atoms with Crippen molar-refractivity contribution in [2.24, 2.45) is 11.8 Å². The van der Waals surface area contributed by atoms with Crippen LogP contribution in [-0.2, 0) is 15.3 Å². The maximum Gasteiger partial charge on any atom is 0.237 e. The van der Waals surface area contributed by atoms with Crippen molar-refractivity contribution in [2.75, 3.05) is 4.90 Å². The molecule has 2 aromatic carbocycles. The Balaban J connectivity index is 1.37. The van der Waals surface area contributed by atoms with E-state index >= 15 is 0 Å². The zero-order valence-electron chi connectivity index (χ0n) is 15.6. The highest BCUT2D eigenvalue weighted by Gasteiger charge is 2.48. The molecule has 0 bridgehead atoms. The molecule has 4 nitrogen and oxygen atoms in total. The van der Waals surface area contributed by atoms with Crippen LogP contribution >= 0.6 is 39.0 Å². The highest BCUT2D eigenvalue weighted by Crippen LogP contribution is 2.41. The van der Waals surface area contributed by atoms with E-state index in [9.17, 15) is 9.59 Å². The molecule has 1 saturated heterocycles. The Bertz CT molecular complexity index is 1070. The summed E-state index contributed by atoms with van der Waals surface area (Å²) < 4.78 is 3.08. The number of thioether (sulfide) groups is 1. The molecule has 148 valence electrons. The number of rotatable bonds is 4. The second-order valence-electron chi connectivity index (χ2n) is 7.56. The number of amides is 2. The summed E-state index contributed by atoms with van der Waals surface area (Å²) in [6.07, 6.45) is 3.76. The molecule has 2 heterocycles. The van der Waals surface area contributed by atoms with Crippen LogP contribution in [0.1, 0.15) is 31.2 Å². The fourth-order valence-corrected chi connectivity index (χ4v) is 6.56. The van der Waals surface area contributed by atoms with Crippen LogP contribution in [0.4, 0.5) is 5.69 Å². The molecule has 0 N–H and O–H groups in total. The minimum absolute atomic E-state index is 0.0200. The van der Waals surface area contributed by atoms with Gasteiger partial charge in [-0.2, -0.15) is 0 Å². The van der Waals surface area contributed by atoms with Crippen molar-refractivity contribution in [2.45, 2.75) is 35.8 Å². The summed E-state index contributed by atoms with van der Waals surface area (Å²) in [7, 11) is 0. The van der Waals surface area contributed by atoms with Crippen LogP contribution in [0.2, 0.25) is 0 Å². The Labute approximate surface area is 185 Å². The van der Waals surface area contributed by atoms with E-state index in [0.717, 1.165) is 50.5 Å². The minimum Gasteiger partial charge on any atom is -0.274 e. The minimum atomic E-state index is -0.120. The van der Waals surface area contributed by atoms with Crippen LogP contribution in [0.25, 0.3) is 10.2 Å². The summed E-state index contributed by atoms with van der Waals surface area (Å²) in [5.41, 5.74) is 2.84. The number of nitrogens with zero attached hydrogens (tertiary/aromatic N) is 2. The van der Waals surface area contributed by atoms with Crippen LogP contribution < -0.4 is 4.90 Å². The van der Waals surface area contributed by atoms with E-state index < -0.39 is 0 Å². The number of aromatic nitrogens is 1. The average molecular weight is 487 g/mol. The van der Waals surface area contributed by atoms with Gasteiger partial charge >= 0.3 is 0 Å². The molecule has 3 aromatic rings. The maximum atomic E-state index is 12.9. The summed E-state index contributed by atoms with van der Waals surface area (Å²) >= 11 is 6.78. The van der Waals surface area contributed by atoms with Crippen molar-refractivity contribution in [3.8, 4) is 0 Å². The number of carbonyl (C=O) groups is 2. The number of anilines is 1. The topological polar surface area (TPSA) is 50.3 Å². The third-order valence-electron chi connectivity index (χ3n) is 5.73. The average Bonchev–Trinajstić information content (AvgIpc) is 3.26. The third kappa shape index (κ3) is 3.64. The van der Waals surface area contributed by atoms with E-state index in [1.54, 1.807) is 23.1 Å². The highest BCUT2D eigenvalue weighted by molar-refractivity contribution is 9.10. The normalized spacial score (nSPS) is 21.8. The van der Waals surface area contributed by atoms with E-state index in [2.05, 4.69) is 28.1 Å². The summed E-state index contributed by atoms with van der Waals surface area (Å²) in [5.74, 6) is 0.574. The highest BCUT2D eigenvalue weighted by atomic mass is 79.9. The summed E-state index contributed by atoms with van der Waals surface area (Å²) in [4.78, 5) is 31.9. The molecule has 2 atom stereocenters. The standard InChI is InChI=1S/C22H19BrN2O2S2/c23-14-7-5-13(6-8-14)12-28-22-24-18-10-9-15(11-19(18)29-22)25-20(26)16-3-1-2-4-17(16)21(25)27/h5-11,16-17H,1-4,12H2/t16-,17+. The molecule has 1 aliphatic carbocycles. The van der Waals surface area contributed by atoms with Gasteiger partial charge in [0.2, 0.25) is 11.8 Å². The monoisotopic (exact) mass is 486 g/mol. The Morgan fingerprint density at radius 1 is 1.03 bits per heavy atom. The zero-order valence-corrected chi connectivity index (χ0v) is 18.9. The Morgan fingerprint density at radius 2 is 1.72 bits per heavy atom. The van der Waals surface area contributed by atoms with Gasteiger partial charge in [-0.05, 0) is 48.7 Å². The molecule has 0 unspecified atom stereocenters. The molecular weight excluding hydrogens is 468 g/mol. The number of fused-ring (bicyclic) bond motifs is 2. The predicted molar refractivity (Wildman–Crippen MR) is 121 cm³/mol. The largest absolute Gasteiger partial charge is 0.274 e. The summed E-state index contributed by atoms with van der Waals surface area (Å²) in [6, 6.07) is 14.0. The molecule has 0 radical (unpaired) electrons. The van der Waals surface area contributed by atoms with Crippen LogP contribution in [0.15, 0.2) is 51.3 Å². The quantitative estimate of drug-likeness (QED) is 0.333. The molecule has 2 fully saturated rings. The lowest BCUT2D eigenvalue weighted by molar-refractivity contribution is -0.122. The zero-order chi connectivity index (χ0) is 20.0. The lowest BCUT2D eigenvalue weighted by atomic mass is 9.81. The van der Waals surface area contributed by atoms with E-state index in [1.807, 2.05) is 30.3 Å². The SMILES string of the molecule is O=C1[C@H]2CCCC[C@H]2C(=O)N1c1ccc2nc(SCc3ccc(Br)cc3)sc2c1. The third-order valence-corrected chi connectivity index (χ3v) is 8.49. The van der Waals surface area contributed by atoms with Gasteiger partial charge in [0.1, 0.15) is 0 Å². The lowest BCUT2D eigenvalue weighted by Crippen LogP contribution is -2.30. The second kappa shape index (κ2) is 7.85. The van der Waals surface area contributed by atoms with Gasteiger partial charge in [-0.15, -0.1) is 11.3 Å². The predicted octanol–water partition coefficient (Wildman–Crippen LogP) is 6.03. The molecule has 1 saturated carbocycles. The van der Waals surface area contributed by atoms with Crippen molar-refractivity contribution < 1.29 is 9.59 Å². The molecule has 0 spiro atoms. The molecule has 2 aliphatic rings. The van der Waals surface area contributed by atoms with Crippen LogP contribution in [0.3, 0.4) is 0 Å². The van der Waals surface area contributed by atoms with Crippen LogP contribution in [-0.4, -0.2) is 16.8 Å². The maximum absolute atomic E-state index is 12.9. The fourth-order valence-electron chi connectivity index (χ4n) is 4.24. The number of hydrogen-bond acceptors (Lipinski definition) is 5. The smallest absolute Gasteiger partial charge is 0.237 e. The van der Waals surface area contributed by atoms with E-state index in [4.69, 9.17) is 4.98 Å². The van der Waals surface area contributed by atoms with Gasteiger partial charge < -0.3 is 0 Å². The van der Waals surface area contributed by atoms with E-state index in [0.29, 0.717) is 5.69 Å². The number of halogens is 1. The summed E-state index contributed by atoms with van der Waals surface area (Å²) in [5, 5.41) is 0. The van der Waals surface area contributed by atoms with E-state index in [-0.39, 0.29) is 23.7 Å². The van der Waals surface area contributed by atoms with Crippen molar-refractivity contribution in [1.82, 2.24) is 4.98 Å². The fraction of sp³-hybridized carbons (Fsp3) is 0.318. The van der Waals surface area contributed by atoms with Crippen molar-refractivity contribution in [3.63, 3.8) is 0 Å². The second-order valence-corrected chi connectivity index (χ2v) is 10.7. The lowest BCUT2D eigenvalue weighted by Gasteiger charge is -2.19. The Kier molecular flexibility index (Phi) is 5.22. The van der Waals surface area contributed by atoms with Gasteiger partial charge in [0, 0.05) is 10.2 Å². The molecule has 1 aliphatic heterocycles. The number of benzene rings is 2. The molecule has 5 rings (SSSR count). The van der Waals surface area contributed by atoms with Gasteiger partial charge in [-0.3, -0.25) is 14.5 Å². The van der Waals surface area contributed by atoms with Gasteiger partial charge in [0.25, 0.3) is 0 Å². The first-order chi connectivity index (χ1) is 14.1. The Hall–Kier alpha value is -1.70. The molecule has 7 heteroatoms.